The summed E-state index contributed by atoms with van der Waals surface area (Å²) in [4.78, 5) is 11.5. The molecule has 5 nitrogen and oxygen atoms in total. The molecule has 0 bridgehead atoms. The molecule has 7 heteroatoms. The molecule has 104 valence electrons. The summed E-state index contributed by atoms with van der Waals surface area (Å²) < 4.78 is 25.6. The zero-order valence-electron chi connectivity index (χ0n) is 10.2. The number of halogens is 2. The number of nitrogens with zero attached hydrogens (tertiary/aromatic N) is 1. The van der Waals surface area contributed by atoms with Crippen LogP contribution < -0.4 is 11.1 Å². The molecule has 0 spiro atoms. The fraction of sp³-hybridized carbons (Fsp3) is 0.333. The topological polar surface area (TPSA) is 87.7 Å². The predicted molar refractivity (Wildman–Crippen MR) is 65.7 cm³/mol. The van der Waals surface area contributed by atoms with Crippen molar-refractivity contribution in [1.82, 2.24) is 5.32 Å². The van der Waals surface area contributed by atoms with Gasteiger partial charge in [-0.15, -0.1) is 0 Å². The highest BCUT2D eigenvalue weighted by Gasteiger charge is 2.06. The van der Waals surface area contributed by atoms with E-state index in [2.05, 4.69) is 10.5 Å². The average molecular weight is 271 g/mol. The first-order valence-corrected chi connectivity index (χ1v) is 5.70. The Hall–Kier alpha value is -2.18. The molecule has 19 heavy (non-hydrogen) atoms. The Morgan fingerprint density at radius 1 is 1.37 bits per heavy atom. The van der Waals surface area contributed by atoms with E-state index in [9.17, 15) is 13.6 Å². The highest BCUT2D eigenvalue weighted by molar-refractivity contribution is 5.80. The summed E-state index contributed by atoms with van der Waals surface area (Å²) in [6, 6.07) is 3.33. The summed E-state index contributed by atoms with van der Waals surface area (Å²) in [5.41, 5.74) is 5.65. The minimum absolute atomic E-state index is 0.0270. The number of nitrogens with one attached hydrogen (secondary N) is 1. The molecule has 0 aliphatic rings. The molecule has 0 heterocycles. The monoisotopic (exact) mass is 271 g/mol. The van der Waals surface area contributed by atoms with Crippen molar-refractivity contribution in [3.8, 4) is 0 Å². The lowest BCUT2D eigenvalue weighted by Gasteiger charge is -2.05. The number of amidine groups is 1. The van der Waals surface area contributed by atoms with Crippen molar-refractivity contribution in [2.24, 2.45) is 10.9 Å². The number of carbonyl (C=O) groups is 1. The van der Waals surface area contributed by atoms with E-state index >= 15 is 0 Å². The van der Waals surface area contributed by atoms with Gasteiger partial charge in [-0.2, -0.15) is 0 Å². The van der Waals surface area contributed by atoms with Gasteiger partial charge < -0.3 is 16.3 Å². The van der Waals surface area contributed by atoms with Crippen molar-refractivity contribution in [3.05, 3.63) is 35.4 Å². The summed E-state index contributed by atoms with van der Waals surface area (Å²) in [6.07, 6.45) is 0.863. The fourth-order valence-electron chi connectivity index (χ4n) is 1.44. The Labute approximate surface area is 109 Å². The lowest BCUT2D eigenvalue weighted by molar-refractivity contribution is -0.120. The summed E-state index contributed by atoms with van der Waals surface area (Å²) in [6.45, 7) is 0.360. The highest BCUT2D eigenvalue weighted by atomic mass is 19.2. The third kappa shape index (κ3) is 5.33. The number of oxime groups is 1. The average Bonchev–Trinajstić information content (AvgIpc) is 2.38. The van der Waals surface area contributed by atoms with Crippen molar-refractivity contribution in [1.29, 1.82) is 0 Å². The SMILES string of the molecule is NC(CCCNC(=O)Cc1ccc(F)c(F)c1)=NO. The van der Waals surface area contributed by atoms with Gasteiger partial charge in [0.2, 0.25) is 5.91 Å². The molecule has 0 radical (unpaired) electrons. The third-order valence-electron chi connectivity index (χ3n) is 2.41. The van der Waals surface area contributed by atoms with E-state index in [1.165, 1.54) is 6.07 Å². The third-order valence-corrected chi connectivity index (χ3v) is 2.41. The van der Waals surface area contributed by atoms with Crippen LogP contribution in [-0.4, -0.2) is 23.5 Å². The molecule has 1 amide bonds. The lowest BCUT2D eigenvalue weighted by atomic mass is 10.1. The largest absolute Gasteiger partial charge is 0.409 e. The van der Waals surface area contributed by atoms with Crippen LogP contribution in [0.15, 0.2) is 23.4 Å². The molecule has 1 rings (SSSR count). The van der Waals surface area contributed by atoms with Crippen molar-refractivity contribution < 1.29 is 18.8 Å². The minimum atomic E-state index is -0.975. The second-order valence-electron chi connectivity index (χ2n) is 3.97. The van der Waals surface area contributed by atoms with E-state index in [4.69, 9.17) is 10.9 Å². The van der Waals surface area contributed by atoms with Gasteiger partial charge in [-0.1, -0.05) is 11.2 Å². The summed E-state index contributed by atoms with van der Waals surface area (Å²) >= 11 is 0. The molecule has 0 fully saturated rings. The fourth-order valence-corrected chi connectivity index (χ4v) is 1.44. The molecule has 0 atom stereocenters. The first-order chi connectivity index (χ1) is 9.02. The number of benzene rings is 1. The maximum atomic E-state index is 12.9. The van der Waals surface area contributed by atoms with Gasteiger partial charge in [0, 0.05) is 13.0 Å². The number of amides is 1. The van der Waals surface area contributed by atoms with E-state index in [-0.39, 0.29) is 18.2 Å². The van der Waals surface area contributed by atoms with Gasteiger partial charge in [0.25, 0.3) is 0 Å². The van der Waals surface area contributed by atoms with Gasteiger partial charge in [-0.05, 0) is 24.1 Å². The number of hydrogen-bond donors (Lipinski definition) is 3. The Bertz CT molecular complexity index is 478. The van der Waals surface area contributed by atoms with Crippen molar-refractivity contribution >= 4 is 11.7 Å². The van der Waals surface area contributed by atoms with Crippen molar-refractivity contribution in [2.75, 3.05) is 6.54 Å². The molecule has 1 aromatic rings. The highest BCUT2D eigenvalue weighted by Crippen LogP contribution is 2.09. The molecular weight excluding hydrogens is 256 g/mol. The quantitative estimate of drug-likeness (QED) is 0.238. The number of hydrogen-bond acceptors (Lipinski definition) is 3. The van der Waals surface area contributed by atoms with Gasteiger partial charge in [-0.3, -0.25) is 4.79 Å². The van der Waals surface area contributed by atoms with Crippen molar-refractivity contribution in [2.45, 2.75) is 19.3 Å². The smallest absolute Gasteiger partial charge is 0.224 e. The Morgan fingerprint density at radius 2 is 2.11 bits per heavy atom. The Morgan fingerprint density at radius 3 is 2.74 bits per heavy atom. The Kier molecular flexibility index (Phi) is 5.72. The van der Waals surface area contributed by atoms with Crippen LogP contribution in [0.2, 0.25) is 0 Å². The molecule has 0 saturated carbocycles. The van der Waals surface area contributed by atoms with E-state index in [0.717, 1.165) is 12.1 Å². The van der Waals surface area contributed by atoms with Gasteiger partial charge >= 0.3 is 0 Å². The van der Waals surface area contributed by atoms with E-state index in [0.29, 0.717) is 24.9 Å². The standard InChI is InChI=1S/C12H15F2N3O2/c13-9-4-3-8(6-10(9)14)7-12(18)16-5-1-2-11(15)17-19/h3-4,6,19H,1-2,5,7H2,(H2,15,17)(H,16,18). The van der Waals surface area contributed by atoms with Crippen LogP contribution >= 0.6 is 0 Å². The van der Waals surface area contributed by atoms with E-state index in [1.807, 2.05) is 0 Å². The van der Waals surface area contributed by atoms with Crippen molar-refractivity contribution in [3.63, 3.8) is 0 Å². The summed E-state index contributed by atoms with van der Waals surface area (Å²) in [5.74, 6) is -2.12. The van der Waals surface area contributed by atoms with Gasteiger partial charge in [0.15, 0.2) is 11.6 Å². The molecule has 0 aliphatic heterocycles. The van der Waals surface area contributed by atoms with Crippen LogP contribution in [0, 0.1) is 11.6 Å². The lowest BCUT2D eigenvalue weighted by Crippen LogP contribution is -2.27. The van der Waals surface area contributed by atoms with E-state index < -0.39 is 11.6 Å². The normalized spacial score (nSPS) is 11.4. The molecule has 0 aliphatic carbocycles. The van der Waals surface area contributed by atoms with Crippen LogP contribution in [0.1, 0.15) is 18.4 Å². The first kappa shape index (κ1) is 14.9. The van der Waals surface area contributed by atoms with Crippen LogP contribution in [0.4, 0.5) is 8.78 Å². The van der Waals surface area contributed by atoms with E-state index in [1.54, 1.807) is 0 Å². The molecule has 0 unspecified atom stereocenters. The number of nitrogens with two attached hydrogens (primary N) is 1. The number of rotatable bonds is 6. The van der Waals surface area contributed by atoms with Crippen LogP contribution in [-0.2, 0) is 11.2 Å². The molecule has 4 N–H and O–H groups in total. The maximum Gasteiger partial charge on any atom is 0.224 e. The molecular formula is C12H15F2N3O2. The first-order valence-electron chi connectivity index (χ1n) is 5.70. The molecule has 0 saturated heterocycles. The predicted octanol–water partition coefficient (Wildman–Crippen LogP) is 1.15. The summed E-state index contributed by atoms with van der Waals surface area (Å²) in [7, 11) is 0. The second kappa shape index (κ2) is 7.30. The Balaban J connectivity index is 2.33. The molecule has 0 aromatic heterocycles. The number of carbonyl (C=O) groups excluding carboxylic acids is 1. The molecule has 1 aromatic carbocycles. The van der Waals surface area contributed by atoms with Crippen LogP contribution in [0.3, 0.4) is 0 Å². The minimum Gasteiger partial charge on any atom is -0.409 e. The maximum absolute atomic E-state index is 12.9. The van der Waals surface area contributed by atoms with Gasteiger partial charge in [0.05, 0.1) is 6.42 Å². The second-order valence-corrected chi connectivity index (χ2v) is 3.97. The van der Waals surface area contributed by atoms with Crippen LogP contribution in [0.5, 0.6) is 0 Å². The zero-order chi connectivity index (χ0) is 14.3. The van der Waals surface area contributed by atoms with Gasteiger partial charge in [0.1, 0.15) is 5.84 Å². The zero-order valence-corrected chi connectivity index (χ0v) is 10.2. The van der Waals surface area contributed by atoms with Crippen LogP contribution in [0.25, 0.3) is 0 Å². The van der Waals surface area contributed by atoms with Gasteiger partial charge in [-0.25, -0.2) is 8.78 Å². The summed E-state index contributed by atoms with van der Waals surface area (Å²) in [5, 5.41) is 13.7.